The zero-order valence-corrected chi connectivity index (χ0v) is 25.5. The first-order valence-electron chi connectivity index (χ1n) is 13.8. The number of nitrogens with zero attached hydrogens (tertiary/aromatic N) is 2. The van der Waals surface area contributed by atoms with Gasteiger partial charge in [-0.15, -0.1) is 0 Å². The number of aryl methyl sites for hydroxylation is 1. The summed E-state index contributed by atoms with van der Waals surface area (Å²) in [6.45, 7) is 8.31. The number of benzene rings is 2. The lowest BCUT2D eigenvalue weighted by atomic mass is 9.95. The van der Waals surface area contributed by atoms with Gasteiger partial charge in [0.2, 0.25) is 0 Å². The van der Waals surface area contributed by atoms with Gasteiger partial charge in [-0.2, -0.15) is 0 Å². The number of aliphatic hydroxyl groups excluding tert-OH is 1. The molecule has 42 heavy (non-hydrogen) atoms. The van der Waals surface area contributed by atoms with E-state index >= 15 is 0 Å². The summed E-state index contributed by atoms with van der Waals surface area (Å²) in [4.78, 5) is 45.6. The van der Waals surface area contributed by atoms with Crippen molar-refractivity contribution in [3.63, 3.8) is 0 Å². The van der Waals surface area contributed by atoms with E-state index in [-0.39, 0.29) is 27.9 Å². The van der Waals surface area contributed by atoms with Crippen LogP contribution in [0.4, 0.5) is 5.13 Å². The van der Waals surface area contributed by atoms with Crippen LogP contribution in [0.5, 0.6) is 11.5 Å². The van der Waals surface area contributed by atoms with Gasteiger partial charge in [0.05, 0.1) is 37.1 Å². The molecule has 1 aromatic heterocycles. The van der Waals surface area contributed by atoms with Crippen LogP contribution in [0.1, 0.15) is 72.6 Å². The van der Waals surface area contributed by atoms with Crippen LogP contribution < -0.4 is 14.4 Å². The molecule has 1 amide bonds. The quantitative estimate of drug-likeness (QED) is 0.0774. The van der Waals surface area contributed by atoms with Crippen molar-refractivity contribution in [1.82, 2.24) is 4.98 Å². The van der Waals surface area contributed by atoms with Gasteiger partial charge in [0.1, 0.15) is 10.6 Å². The number of ketones is 1. The van der Waals surface area contributed by atoms with Crippen molar-refractivity contribution in [3.05, 3.63) is 74.8 Å². The van der Waals surface area contributed by atoms with E-state index in [2.05, 4.69) is 11.9 Å². The molecule has 4 rings (SSSR count). The number of halogens is 1. The van der Waals surface area contributed by atoms with Gasteiger partial charge in [-0.05, 0) is 69.2 Å². The Bertz CT molecular complexity index is 1500. The molecule has 0 spiro atoms. The average Bonchev–Trinajstić information content (AvgIpc) is 3.48. The summed E-state index contributed by atoms with van der Waals surface area (Å²) in [5.74, 6) is -1.76. The monoisotopic (exact) mass is 612 g/mol. The summed E-state index contributed by atoms with van der Waals surface area (Å²) in [5.41, 5.74) is 1.02. The van der Waals surface area contributed by atoms with Gasteiger partial charge in [0.25, 0.3) is 5.78 Å². The molecule has 11 heteroatoms. The minimum Gasteiger partial charge on any atom is -0.507 e. The number of rotatable bonds is 12. The molecule has 222 valence electrons. The molecule has 1 N–H and O–H groups in total. The van der Waals surface area contributed by atoms with Gasteiger partial charge >= 0.3 is 11.9 Å². The number of ether oxygens (including phenoxy) is 3. The Labute approximate surface area is 253 Å². The number of unbranched alkanes of at least 4 members (excludes halogenated alkanes) is 2. The van der Waals surface area contributed by atoms with E-state index in [1.165, 1.54) is 4.90 Å². The number of Topliss-reactive ketones (excluding diaryl/α,β-unsaturated/α-hetero) is 1. The average molecular weight is 613 g/mol. The van der Waals surface area contributed by atoms with E-state index < -0.39 is 23.7 Å². The second-order valence-electron chi connectivity index (χ2n) is 9.50. The Morgan fingerprint density at radius 2 is 1.76 bits per heavy atom. The van der Waals surface area contributed by atoms with E-state index in [0.717, 1.165) is 30.6 Å². The van der Waals surface area contributed by atoms with E-state index in [4.69, 9.17) is 25.8 Å². The second kappa shape index (κ2) is 13.8. The molecule has 0 aliphatic carbocycles. The van der Waals surface area contributed by atoms with Crippen molar-refractivity contribution in [1.29, 1.82) is 0 Å². The van der Waals surface area contributed by atoms with Crippen molar-refractivity contribution in [2.24, 2.45) is 0 Å². The van der Waals surface area contributed by atoms with Gasteiger partial charge in [-0.25, -0.2) is 9.78 Å². The largest absolute Gasteiger partial charge is 0.507 e. The van der Waals surface area contributed by atoms with Gasteiger partial charge in [-0.3, -0.25) is 14.5 Å². The van der Waals surface area contributed by atoms with E-state index in [1.807, 2.05) is 6.92 Å². The highest BCUT2D eigenvalue weighted by atomic mass is 35.5. The summed E-state index contributed by atoms with van der Waals surface area (Å²) < 4.78 is 17.0. The fraction of sp³-hybridized carbons (Fsp3) is 0.355. The van der Waals surface area contributed by atoms with Crippen LogP contribution in [0.25, 0.3) is 5.76 Å². The minimum absolute atomic E-state index is 0.121. The Hall–Kier alpha value is -3.89. The Kier molecular flexibility index (Phi) is 10.2. The summed E-state index contributed by atoms with van der Waals surface area (Å²) in [6, 6.07) is 10.4. The normalized spacial score (nSPS) is 16.1. The summed E-state index contributed by atoms with van der Waals surface area (Å²) in [7, 11) is 0. The standard InChI is InChI=1S/C31H33ClN2O7S/c1-5-8-9-16-41-22-15-12-20(17-23(22)39-6-2)25-24(26(35)19-10-13-21(32)14-11-19)27(36)29(37)34(25)31-33-18(4)28(42-31)30(38)40-7-3/h10-15,17,25,35H,5-9,16H2,1-4H3/b26-24+. The Morgan fingerprint density at radius 3 is 2.43 bits per heavy atom. The Balaban J connectivity index is 1.87. The predicted octanol–water partition coefficient (Wildman–Crippen LogP) is 6.88. The highest BCUT2D eigenvalue weighted by molar-refractivity contribution is 7.17. The SMILES string of the molecule is CCCCCOc1ccc(C2/C(=C(\O)c3ccc(Cl)cc3)C(=O)C(=O)N2c2nc(C)c(C(=O)OCC)s2)cc1OCC. The molecule has 1 aliphatic heterocycles. The zero-order chi connectivity index (χ0) is 30.4. The number of hydrogen-bond donors (Lipinski definition) is 1. The number of amides is 1. The number of carbonyl (C=O) groups is 3. The molecule has 1 unspecified atom stereocenters. The summed E-state index contributed by atoms with van der Waals surface area (Å²) in [5, 5.41) is 12.0. The van der Waals surface area contributed by atoms with Gasteiger partial charge < -0.3 is 19.3 Å². The highest BCUT2D eigenvalue weighted by Crippen LogP contribution is 2.45. The van der Waals surface area contributed by atoms with Gasteiger partial charge in [-0.1, -0.05) is 48.8 Å². The molecule has 3 aromatic rings. The van der Waals surface area contributed by atoms with Crippen molar-refractivity contribution in [2.45, 2.75) is 53.0 Å². The number of aliphatic hydroxyl groups is 1. The number of anilines is 1. The maximum atomic E-state index is 13.6. The van der Waals surface area contributed by atoms with Crippen molar-refractivity contribution >= 4 is 51.5 Å². The topological polar surface area (TPSA) is 115 Å². The second-order valence-corrected chi connectivity index (χ2v) is 10.9. The van der Waals surface area contributed by atoms with Crippen LogP contribution in [0.15, 0.2) is 48.0 Å². The van der Waals surface area contributed by atoms with Crippen molar-refractivity contribution in [3.8, 4) is 11.5 Å². The number of hydrogen-bond acceptors (Lipinski definition) is 9. The molecule has 1 atom stereocenters. The van der Waals surface area contributed by atoms with Gasteiger partial charge in [0, 0.05) is 10.6 Å². The molecule has 1 fully saturated rings. The summed E-state index contributed by atoms with van der Waals surface area (Å²) in [6.07, 6.45) is 2.97. The maximum Gasteiger partial charge on any atom is 0.350 e. The van der Waals surface area contributed by atoms with Crippen LogP contribution in [-0.2, 0) is 14.3 Å². The molecular formula is C31H33ClN2O7S. The Morgan fingerprint density at radius 1 is 1.02 bits per heavy atom. The lowest BCUT2D eigenvalue weighted by Crippen LogP contribution is -2.29. The third kappa shape index (κ3) is 6.44. The van der Waals surface area contributed by atoms with Crippen LogP contribution in [0.2, 0.25) is 5.02 Å². The van der Waals surface area contributed by atoms with E-state index in [9.17, 15) is 19.5 Å². The molecule has 2 aromatic carbocycles. The smallest absolute Gasteiger partial charge is 0.350 e. The number of aromatic nitrogens is 1. The minimum atomic E-state index is -1.07. The first-order valence-corrected chi connectivity index (χ1v) is 15.0. The maximum absolute atomic E-state index is 13.6. The first kappa shape index (κ1) is 31.1. The van der Waals surface area contributed by atoms with E-state index in [0.29, 0.717) is 46.6 Å². The fourth-order valence-electron chi connectivity index (χ4n) is 4.60. The summed E-state index contributed by atoms with van der Waals surface area (Å²) >= 11 is 6.98. The zero-order valence-electron chi connectivity index (χ0n) is 23.9. The predicted molar refractivity (Wildman–Crippen MR) is 162 cm³/mol. The molecule has 1 aliphatic rings. The van der Waals surface area contributed by atoms with Crippen LogP contribution in [0, 0.1) is 6.92 Å². The first-order chi connectivity index (χ1) is 20.2. The van der Waals surface area contributed by atoms with Crippen LogP contribution in [0.3, 0.4) is 0 Å². The van der Waals surface area contributed by atoms with Gasteiger partial charge in [0.15, 0.2) is 16.6 Å². The van der Waals surface area contributed by atoms with E-state index in [1.54, 1.807) is 56.3 Å². The molecule has 9 nitrogen and oxygen atoms in total. The number of esters is 1. The molecule has 2 heterocycles. The molecule has 0 bridgehead atoms. The highest BCUT2D eigenvalue weighted by Gasteiger charge is 2.48. The lowest BCUT2D eigenvalue weighted by molar-refractivity contribution is -0.132. The third-order valence-corrected chi connectivity index (χ3v) is 7.99. The number of thiazole rings is 1. The number of carbonyl (C=O) groups excluding carboxylic acids is 3. The molecular weight excluding hydrogens is 580 g/mol. The van der Waals surface area contributed by atoms with Crippen LogP contribution >= 0.6 is 22.9 Å². The molecule has 1 saturated heterocycles. The molecule has 0 radical (unpaired) electrons. The lowest BCUT2D eigenvalue weighted by Gasteiger charge is -2.24. The molecule has 0 saturated carbocycles. The fourth-order valence-corrected chi connectivity index (χ4v) is 5.71. The van der Waals surface area contributed by atoms with Crippen LogP contribution in [-0.4, -0.2) is 47.6 Å². The van der Waals surface area contributed by atoms with Crippen molar-refractivity contribution < 1.29 is 33.7 Å². The van der Waals surface area contributed by atoms with Crippen molar-refractivity contribution in [2.75, 3.05) is 24.7 Å². The third-order valence-electron chi connectivity index (χ3n) is 6.60.